The van der Waals surface area contributed by atoms with Gasteiger partial charge < -0.3 is 0 Å². The third-order valence-corrected chi connectivity index (χ3v) is 5.64. The minimum atomic E-state index is -0.314. The molecule has 1 aliphatic rings. The summed E-state index contributed by atoms with van der Waals surface area (Å²) >= 11 is 3.45. The SMILES string of the molecule is O=C1C(=Cc2ccc(F)cc2)CN(Cc2ccc(Br)cc2)CC1=Cc1ccc(F)cc1. The van der Waals surface area contributed by atoms with Gasteiger partial charge in [0.05, 0.1) is 0 Å². The molecule has 3 aromatic rings. The maximum Gasteiger partial charge on any atom is 0.187 e. The number of benzene rings is 3. The van der Waals surface area contributed by atoms with Gasteiger partial charge in [-0.3, -0.25) is 9.69 Å². The van der Waals surface area contributed by atoms with Crippen LogP contribution in [-0.4, -0.2) is 23.8 Å². The molecule has 0 N–H and O–H groups in total. The van der Waals surface area contributed by atoms with Gasteiger partial charge in [0.25, 0.3) is 0 Å². The van der Waals surface area contributed by atoms with E-state index in [2.05, 4.69) is 20.8 Å². The van der Waals surface area contributed by atoms with Crippen molar-refractivity contribution in [1.29, 1.82) is 0 Å². The van der Waals surface area contributed by atoms with Gasteiger partial charge in [-0.05, 0) is 65.2 Å². The zero-order chi connectivity index (χ0) is 21.8. The second-order valence-corrected chi connectivity index (χ2v) is 8.46. The number of carbonyl (C=O) groups is 1. The first-order valence-corrected chi connectivity index (χ1v) is 10.7. The third-order valence-electron chi connectivity index (χ3n) is 5.11. The highest BCUT2D eigenvalue weighted by Gasteiger charge is 2.26. The van der Waals surface area contributed by atoms with Crippen molar-refractivity contribution in [1.82, 2.24) is 4.90 Å². The summed E-state index contributed by atoms with van der Waals surface area (Å²) < 4.78 is 27.6. The summed E-state index contributed by atoms with van der Waals surface area (Å²) in [6.07, 6.45) is 3.63. The largest absolute Gasteiger partial charge is 0.290 e. The lowest BCUT2D eigenvalue weighted by Gasteiger charge is -2.30. The van der Waals surface area contributed by atoms with Gasteiger partial charge in [0.2, 0.25) is 0 Å². The summed E-state index contributed by atoms with van der Waals surface area (Å²) in [4.78, 5) is 15.4. The van der Waals surface area contributed by atoms with Crippen LogP contribution in [0.25, 0.3) is 12.2 Å². The first-order chi connectivity index (χ1) is 15.0. The fraction of sp³-hybridized carbons (Fsp3) is 0.115. The van der Waals surface area contributed by atoms with Gasteiger partial charge in [0, 0.05) is 35.3 Å². The van der Waals surface area contributed by atoms with E-state index in [0.29, 0.717) is 30.8 Å². The highest BCUT2D eigenvalue weighted by molar-refractivity contribution is 9.10. The number of hydrogen-bond donors (Lipinski definition) is 0. The van der Waals surface area contributed by atoms with E-state index >= 15 is 0 Å². The van der Waals surface area contributed by atoms with E-state index in [0.717, 1.165) is 21.2 Å². The van der Waals surface area contributed by atoms with Crippen LogP contribution < -0.4 is 0 Å². The maximum absolute atomic E-state index is 13.3. The molecule has 0 spiro atoms. The number of piperidine rings is 1. The molecule has 0 radical (unpaired) electrons. The van der Waals surface area contributed by atoms with E-state index in [4.69, 9.17) is 0 Å². The summed E-state index contributed by atoms with van der Waals surface area (Å²) in [6, 6.07) is 20.3. The number of hydrogen-bond acceptors (Lipinski definition) is 2. The van der Waals surface area contributed by atoms with Crippen LogP contribution in [0, 0.1) is 11.6 Å². The minimum Gasteiger partial charge on any atom is -0.290 e. The smallest absolute Gasteiger partial charge is 0.187 e. The van der Waals surface area contributed by atoms with Crippen molar-refractivity contribution in [2.75, 3.05) is 13.1 Å². The van der Waals surface area contributed by atoms with Crippen molar-refractivity contribution in [2.45, 2.75) is 6.54 Å². The summed E-state index contributed by atoms with van der Waals surface area (Å²) in [5.74, 6) is -0.669. The van der Waals surface area contributed by atoms with E-state index in [1.165, 1.54) is 24.3 Å². The first-order valence-electron chi connectivity index (χ1n) is 9.90. The Bertz CT molecular complexity index is 1070. The van der Waals surface area contributed by atoms with Crippen LogP contribution in [0.2, 0.25) is 0 Å². The van der Waals surface area contributed by atoms with E-state index in [1.807, 2.05) is 36.4 Å². The van der Waals surface area contributed by atoms with Gasteiger partial charge in [0.1, 0.15) is 11.6 Å². The van der Waals surface area contributed by atoms with Crippen LogP contribution in [0.1, 0.15) is 16.7 Å². The Kier molecular flexibility index (Phi) is 6.54. The molecule has 1 aliphatic heterocycles. The average molecular weight is 480 g/mol. The van der Waals surface area contributed by atoms with Gasteiger partial charge in [-0.25, -0.2) is 8.78 Å². The third kappa shape index (κ3) is 5.63. The van der Waals surface area contributed by atoms with Crippen LogP contribution in [0.3, 0.4) is 0 Å². The highest BCUT2D eigenvalue weighted by atomic mass is 79.9. The molecule has 3 aromatic carbocycles. The second-order valence-electron chi connectivity index (χ2n) is 7.54. The van der Waals surface area contributed by atoms with Crippen LogP contribution in [0.5, 0.6) is 0 Å². The summed E-state index contributed by atoms with van der Waals surface area (Å²) in [7, 11) is 0. The number of ketones is 1. The molecule has 156 valence electrons. The zero-order valence-electron chi connectivity index (χ0n) is 16.7. The number of rotatable bonds is 4. The molecule has 0 amide bonds. The Morgan fingerprint density at radius 3 is 1.65 bits per heavy atom. The fourth-order valence-corrected chi connectivity index (χ4v) is 3.85. The molecule has 1 fully saturated rings. The van der Waals surface area contributed by atoms with E-state index in [9.17, 15) is 13.6 Å². The molecule has 0 unspecified atom stereocenters. The zero-order valence-corrected chi connectivity index (χ0v) is 18.3. The molecule has 4 rings (SSSR count). The Hall–Kier alpha value is -2.89. The monoisotopic (exact) mass is 479 g/mol. The predicted molar refractivity (Wildman–Crippen MR) is 123 cm³/mol. The van der Waals surface area contributed by atoms with Crippen molar-refractivity contribution < 1.29 is 13.6 Å². The van der Waals surface area contributed by atoms with Gasteiger partial charge in [-0.15, -0.1) is 0 Å². The minimum absolute atomic E-state index is 0.0410. The van der Waals surface area contributed by atoms with Crippen LogP contribution in [-0.2, 0) is 11.3 Å². The molecule has 5 heteroatoms. The quantitative estimate of drug-likeness (QED) is 0.410. The Morgan fingerprint density at radius 2 is 1.19 bits per heavy atom. The van der Waals surface area contributed by atoms with Gasteiger partial charge in [-0.1, -0.05) is 52.3 Å². The van der Waals surface area contributed by atoms with E-state index < -0.39 is 0 Å². The molecular weight excluding hydrogens is 460 g/mol. The number of likely N-dealkylation sites (tertiary alicyclic amines) is 1. The van der Waals surface area contributed by atoms with Gasteiger partial charge in [0.15, 0.2) is 5.78 Å². The number of carbonyl (C=O) groups excluding carboxylic acids is 1. The van der Waals surface area contributed by atoms with Crippen molar-refractivity contribution >= 4 is 33.9 Å². The summed E-state index contributed by atoms with van der Waals surface area (Å²) in [5, 5.41) is 0. The van der Waals surface area contributed by atoms with E-state index in [-0.39, 0.29) is 17.4 Å². The Labute approximate surface area is 188 Å². The van der Waals surface area contributed by atoms with E-state index in [1.54, 1.807) is 24.3 Å². The van der Waals surface area contributed by atoms with Gasteiger partial charge >= 0.3 is 0 Å². The van der Waals surface area contributed by atoms with Crippen LogP contribution >= 0.6 is 15.9 Å². The molecule has 0 atom stereocenters. The van der Waals surface area contributed by atoms with Crippen LogP contribution in [0.15, 0.2) is 88.4 Å². The topological polar surface area (TPSA) is 20.3 Å². The summed E-state index contributed by atoms with van der Waals surface area (Å²) in [5.41, 5.74) is 3.97. The number of Topliss-reactive ketones (excluding diaryl/α,β-unsaturated/α-hetero) is 1. The number of nitrogens with zero attached hydrogens (tertiary/aromatic N) is 1. The maximum atomic E-state index is 13.3. The van der Waals surface area contributed by atoms with Crippen molar-refractivity contribution in [3.8, 4) is 0 Å². The second kappa shape index (κ2) is 9.50. The molecule has 31 heavy (non-hydrogen) atoms. The Morgan fingerprint density at radius 1 is 0.742 bits per heavy atom. The molecule has 2 nitrogen and oxygen atoms in total. The average Bonchev–Trinajstić information content (AvgIpc) is 2.76. The van der Waals surface area contributed by atoms with Crippen molar-refractivity contribution in [2.24, 2.45) is 0 Å². The predicted octanol–water partition coefficient (Wildman–Crippen LogP) is 6.28. The highest BCUT2D eigenvalue weighted by Crippen LogP contribution is 2.24. The molecule has 1 heterocycles. The molecule has 1 saturated heterocycles. The lowest BCUT2D eigenvalue weighted by molar-refractivity contribution is -0.113. The molecule has 0 saturated carbocycles. The molecule has 0 aromatic heterocycles. The normalized spacial score (nSPS) is 17.5. The molecular formula is C26H20BrF2NO. The van der Waals surface area contributed by atoms with Crippen LogP contribution in [0.4, 0.5) is 8.78 Å². The van der Waals surface area contributed by atoms with Crippen molar-refractivity contribution in [3.05, 3.63) is 117 Å². The standard InChI is InChI=1S/C26H20BrF2NO/c27-23-7-1-20(2-8-23)15-30-16-21(13-18-3-9-24(28)10-4-18)26(31)22(17-30)14-19-5-11-25(29)12-6-19/h1-14H,15-17H2. The number of halogens is 3. The fourth-order valence-electron chi connectivity index (χ4n) is 3.59. The molecule has 0 bridgehead atoms. The summed E-state index contributed by atoms with van der Waals surface area (Å²) in [6.45, 7) is 1.67. The van der Waals surface area contributed by atoms with Crippen molar-refractivity contribution in [3.63, 3.8) is 0 Å². The molecule has 0 aliphatic carbocycles. The van der Waals surface area contributed by atoms with Gasteiger partial charge in [-0.2, -0.15) is 0 Å². The lowest BCUT2D eigenvalue weighted by Crippen LogP contribution is -2.37. The Balaban J connectivity index is 1.66. The lowest BCUT2D eigenvalue weighted by atomic mass is 9.94. The first kappa shape index (κ1) is 21.3.